The Labute approximate surface area is 193 Å². The zero-order valence-corrected chi connectivity index (χ0v) is 18.9. The molecule has 0 spiro atoms. The van der Waals surface area contributed by atoms with Crippen LogP contribution in [-0.4, -0.2) is 57.2 Å². The summed E-state index contributed by atoms with van der Waals surface area (Å²) in [7, 11) is 1.58. The van der Waals surface area contributed by atoms with Crippen LogP contribution in [0.15, 0.2) is 58.5 Å². The van der Waals surface area contributed by atoms with Gasteiger partial charge in [-0.15, -0.1) is 10.2 Å². The third kappa shape index (κ3) is 4.19. The second-order valence-electron chi connectivity index (χ2n) is 7.70. The zero-order valence-electron chi connectivity index (χ0n) is 18.1. The van der Waals surface area contributed by atoms with Crippen molar-refractivity contribution in [3.8, 4) is 11.4 Å². The van der Waals surface area contributed by atoms with Crippen LogP contribution in [0.4, 0.5) is 0 Å². The van der Waals surface area contributed by atoms with Gasteiger partial charge < -0.3 is 14.8 Å². The van der Waals surface area contributed by atoms with Crippen LogP contribution in [0.2, 0.25) is 0 Å². The van der Waals surface area contributed by atoms with E-state index >= 15 is 0 Å². The lowest BCUT2D eigenvalue weighted by Gasteiger charge is -2.12. The maximum atomic E-state index is 13.4. The Kier molecular flexibility index (Phi) is 6.01. The number of ether oxygens (including phenoxy) is 2. The van der Waals surface area contributed by atoms with Crippen LogP contribution in [0.25, 0.3) is 22.4 Å². The lowest BCUT2D eigenvalue weighted by atomic mass is 10.2. The van der Waals surface area contributed by atoms with Crippen molar-refractivity contribution >= 4 is 34.3 Å². The van der Waals surface area contributed by atoms with Crippen molar-refractivity contribution in [3.05, 3.63) is 58.9 Å². The molecule has 10 heteroatoms. The Balaban J connectivity index is 1.51. The molecule has 1 amide bonds. The second kappa shape index (κ2) is 9.24. The van der Waals surface area contributed by atoms with Gasteiger partial charge in [0.05, 0.1) is 35.6 Å². The van der Waals surface area contributed by atoms with E-state index < -0.39 is 0 Å². The van der Waals surface area contributed by atoms with Gasteiger partial charge in [-0.1, -0.05) is 30.0 Å². The average molecular weight is 466 g/mol. The maximum absolute atomic E-state index is 13.4. The van der Waals surface area contributed by atoms with Gasteiger partial charge >= 0.3 is 0 Å². The van der Waals surface area contributed by atoms with Gasteiger partial charge in [0.15, 0.2) is 5.16 Å². The number of thioether (sulfide) groups is 1. The summed E-state index contributed by atoms with van der Waals surface area (Å²) in [5, 5.41) is 12.6. The van der Waals surface area contributed by atoms with E-state index in [1.165, 1.54) is 16.3 Å². The van der Waals surface area contributed by atoms with Gasteiger partial charge in [0.1, 0.15) is 5.75 Å². The number of para-hydroxylation sites is 1. The van der Waals surface area contributed by atoms with Gasteiger partial charge in [0, 0.05) is 19.2 Å². The van der Waals surface area contributed by atoms with Gasteiger partial charge in [-0.25, -0.2) is 4.57 Å². The third-order valence-electron chi connectivity index (χ3n) is 5.59. The van der Waals surface area contributed by atoms with E-state index in [0.29, 0.717) is 39.8 Å². The molecular weight excluding hydrogens is 442 g/mol. The van der Waals surface area contributed by atoms with Gasteiger partial charge in [0.25, 0.3) is 5.56 Å². The number of carbonyl (C=O) groups is 1. The number of hydrogen-bond donors (Lipinski definition) is 1. The van der Waals surface area contributed by atoms with E-state index in [-0.39, 0.29) is 23.3 Å². The molecule has 5 rings (SSSR count). The molecule has 0 aliphatic carbocycles. The molecule has 0 saturated carbocycles. The molecule has 2 aromatic carbocycles. The van der Waals surface area contributed by atoms with E-state index in [2.05, 4.69) is 15.5 Å². The van der Waals surface area contributed by atoms with Crippen LogP contribution < -0.4 is 15.6 Å². The molecule has 1 saturated heterocycles. The average Bonchev–Trinajstić information content (AvgIpc) is 3.52. The summed E-state index contributed by atoms with van der Waals surface area (Å²) < 4.78 is 14.2. The van der Waals surface area contributed by atoms with Crippen molar-refractivity contribution in [1.82, 2.24) is 24.5 Å². The van der Waals surface area contributed by atoms with Gasteiger partial charge in [-0.2, -0.15) is 0 Å². The first-order chi connectivity index (χ1) is 16.2. The molecule has 1 aliphatic heterocycles. The minimum Gasteiger partial charge on any atom is -0.497 e. The minimum atomic E-state index is -0.204. The van der Waals surface area contributed by atoms with E-state index in [4.69, 9.17) is 9.47 Å². The van der Waals surface area contributed by atoms with Gasteiger partial charge in [0.2, 0.25) is 11.7 Å². The lowest BCUT2D eigenvalue weighted by molar-refractivity contribution is -0.119. The quantitative estimate of drug-likeness (QED) is 0.419. The zero-order chi connectivity index (χ0) is 22.8. The summed E-state index contributed by atoms with van der Waals surface area (Å²) in [5.41, 5.74) is 1.10. The Hall–Kier alpha value is -3.37. The van der Waals surface area contributed by atoms with Crippen molar-refractivity contribution < 1.29 is 14.3 Å². The Morgan fingerprint density at radius 1 is 1.24 bits per heavy atom. The molecule has 1 fully saturated rings. The van der Waals surface area contributed by atoms with E-state index in [9.17, 15) is 9.59 Å². The van der Waals surface area contributed by atoms with E-state index in [1.54, 1.807) is 19.2 Å². The maximum Gasteiger partial charge on any atom is 0.267 e. The SMILES string of the molecule is COc1cccc(-n2c(=O)c3ccccc3n3c(SCC(=O)NCC4CCCO4)nnc23)c1. The minimum absolute atomic E-state index is 0.0918. The number of carbonyl (C=O) groups excluding carboxylic acids is 1. The Morgan fingerprint density at radius 2 is 2.12 bits per heavy atom. The number of nitrogens with one attached hydrogen (secondary N) is 1. The Bertz CT molecular complexity index is 1380. The van der Waals surface area contributed by atoms with Crippen molar-refractivity contribution in [2.24, 2.45) is 0 Å². The fourth-order valence-electron chi connectivity index (χ4n) is 3.97. The van der Waals surface area contributed by atoms with Crippen molar-refractivity contribution in [1.29, 1.82) is 0 Å². The number of rotatable bonds is 7. The standard InChI is InChI=1S/C23H23N5O4S/c1-31-16-7-4-6-15(12-16)27-21(30)18-9-2-3-10-19(18)28-22(27)25-26-23(28)33-14-20(29)24-13-17-8-5-11-32-17/h2-4,6-7,9-10,12,17H,5,8,11,13-14H2,1H3,(H,24,29). The molecule has 1 aliphatic rings. The molecule has 1 atom stereocenters. The molecule has 2 aromatic heterocycles. The Morgan fingerprint density at radius 3 is 2.94 bits per heavy atom. The smallest absolute Gasteiger partial charge is 0.267 e. The predicted molar refractivity (Wildman–Crippen MR) is 125 cm³/mol. The normalized spacial score (nSPS) is 15.8. The monoisotopic (exact) mass is 465 g/mol. The highest BCUT2D eigenvalue weighted by Gasteiger charge is 2.20. The largest absolute Gasteiger partial charge is 0.497 e. The van der Waals surface area contributed by atoms with E-state index in [0.717, 1.165) is 19.4 Å². The fourth-order valence-corrected chi connectivity index (χ4v) is 4.74. The van der Waals surface area contributed by atoms with Crippen LogP contribution in [0.3, 0.4) is 0 Å². The van der Waals surface area contributed by atoms with Crippen molar-refractivity contribution in [2.75, 3.05) is 26.0 Å². The summed E-state index contributed by atoms with van der Waals surface area (Å²) in [6.07, 6.45) is 2.09. The molecule has 0 radical (unpaired) electrons. The van der Waals surface area contributed by atoms with Crippen LogP contribution in [0.5, 0.6) is 5.75 Å². The summed E-state index contributed by atoms with van der Waals surface area (Å²) in [5.74, 6) is 1.08. The lowest BCUT2D eigenvalue weighted by Crippen LogP contribution is -2.32. The highest BCUT2D eigenvalue weighted by Crippen LogP contribution is 2.24. The van der Waals surface area contributed by atoms with Crippen LogP contribution in [0.1, 0.15) is 12.8 Å². The number of hydrogen-bond acceptors (Lipinski definition) is 7. The third-order valence-corrected chi connectivity index (χ3v) is 6.52. The molecule has 4 aromatic rings. The fraction of sp³-hybridized carbons (Fsp3) is 0.304. The summed E-state index contributed by atoms with van der Waals surface area (Å²) in [6.45, 7) is 1.27. The number of benzene rings is 2. The number of methoxy groups -OCH3 is 1. The highest BCUT2D eigenvalue weighted by molar-refractivity contribution is 7.99. The number of fused-ring (bicyclic) bond motifs is 3. The van der Waals surface area contributed by atoms with Crippen molar-refractivity contribution in [2.45, 2.75) is 24.1 Å². The topological polar surface area (TPSA) is 99.8 Å². The molecule has 9 nitrogen and oxygen atoms in total. The summed E-state index contributed by atoms with van der Waals surface area (Å²) >= 11 is 1.28. The van der Waals surface area contributed by atoms with Crippen LogP contribution in [-0.2, 0) is 9.53 Å². The van der Waals surface area contributed by atoms with Gasteiger partial charge in [-0.05, 0) is 37.1 Å². The summed E-state index contributed by atoms with van der Waals surface area (Å²) in [4.78, 5) is 25.8. The first-order valence-electron chi connectivity index (χ1n) is 10.7. The molecular formula is C23H23N5O4S. The molecule has 33 heavy (non-hydrogen) atoms. The number of amides is 1. The molecule has 0 bridgehead atoms. The van der Waals surface area contributed by atoms with Crippen LogP contribution in [0, 0.1) is 0 Å². The number of aromatic nitrogens is 4. The second-order valence-corrected chi connectivity index (χ2v) is 8.65. The highest BCUT2D eigenvalue weighted by atomic mass is 32.2. The first-order valence-corrected chi connectivity index (χ1v) is 11.7. The number of nitrogens with zero attached hydrogens (tertiary/aromatic N) is 4. The van der Waals surface area contributed by atoms with Crippen LogP contribution >= 0.6 is 11.8 Å². The summed E-state index contributed by atoms with van der Waals surface area (Å²) in [6, 6.07) is 14.5. The van der Waals surface area contributed by atoms with Gasteiger partial charge in [-0.3, -0.25) is 14.0 Å². The van der Waals surface area contributed by atoms with Crippen molar-refractivity contribution in [3.63, 3.8) is 0 Å². The molecule has 1 N–H and O–H groups in total. The first kappa shape index (κ1) is 21.5. The molecule has 3 heterocycles. The molecule has 170 valence electrons. The molecule has 1 unspecified atom stereocenters. The predicted octanol–water partition coefficient (Wildman–Crippen LogP) is 2.43. The van der Waals surface area contributed by atoms with E-state index in [1.807, 2.05) is 40.8 Å².